The summed E-state index contributed by atoms with van der Waals surface area (Å²) in [6.07, 6.45) is 2.46. The zero-order valence-corrected chi connectivity index (χ0v) is 7.65. The van der Waals surface area contributed by atoms with Crippen LogP contribution in [0.5, 0.6) is 0 Å². The van der Waals surface area contributed by atoms with Crippen molar-refractivity contribution in [3.63, 3.8) is 0 Å². The van der Waals surface area contributed by atoms with Gasteiger partial charge in [-0.3, -0.25) is 4.79 Å². The van der Waals surface area contributed by atoms with Crippen LogP contribution in [0.3, 0.4) is 0 Å². The van der Waals surface area contributed by atoms with Crippen LogP contribution < -0.4 is 0 Å². The van der Waals surface area contributed by atoms with Gasteiger partial charge in [0.25, 0.3) is 0 Å². The fourth-order valence-corrected chi connectivity index (χ4v) is 2.94. The fraction of sp³-hybridized carbons (Fsp3) is 0.750. The topological polar surface area (TPSA) is 40.9 Å². The van der Waals surface area contributed by atoms with Crippen LogP contribution in [-0.4, -0.2) is 11.1 Å². The molecule has 58 valence electrons. The highest BCUT2D eigenvalue weighted by Crippen LogP contribution is 2.73. The average Bonchev–Trinajstić information content (AvgIpc) is 1.83. The van der Waals surface area contributed by atoms with Crippen molar-refractivity contribution in [1.82, 2.24) is 0 Å². The number of nitrogens with zero attached hydrogens (tertiary/aromatic N) is 1. The van der Waals surface area contributed by atoms with E-state index in [1.807, 2.05) is 0 Å². The van der Waals surface area contributed by atoms with Crippen molar-refractivity contribution in [2.75, 3.05) is 5.33 Å². The summed E-state index contributed by atoms with van der Waals surface area (Å²) in [5.74, 6) is 0.287. The Morgan fingerprint density at radius 1 is 1.55 bits per heavy atom. The van der Waals surface area contributed by atoms with Gasteiger partial charge < -0.3 is 0 Å². The monoisotopic (exact) mass is 213 g/mol. The number of alkyl halides is 1. The molecular weight excluding hydrogens is 206 g/mol. The molecule has 0 aromatic heterocycles. The highest BCUT2D eigenvalue weighted by molar-refractivity contribution is 9.09. The molecule has 3 saturated carbocycles. The van der Waals surface area contributed by atoms with E-state index in [-0.39, 0.29) is 16.6 Å². The van der Waals surface area contributed by atoms with Gasteiger partial charge in [-0.05, 0) is 19.3 Å². The van der Waals surface area contributed by atoms with E-state index in [9.17, 15) is 4.79 Å². The Balaban J connectivity index is 2.05. The molecule has 0 atom stereocenters. The van der Waals surface area contributed by atoms with Gasteiger partial charge in [-0.2, -0.15) is 5.26 Å². The SMILES string of the molecule is N#CC12CC(C(=O)CBr)(C1)C2. The molecule has 0 saturated heterocycles. The van der Waals surface area contributed by atoms with Gasteiger partial charge in [0.15, 0.2) is 0 Å². The summed E-state index contributed by atoms with van der Waals surface area (Å²) in [4.78, 5) is 11.3. The first kappa shape index (κ1) is 7.30. The Bertz CT molecular complexity index is 246. The van der Waals surface area contributed by atoms with Crippen LogP contribution in [0.25, 0.3) is 0 Å². The predicted octanol–water partition coefficient (Wildman–Crippen LogP) is 1.64. The summed E-state index contributed by atoms with van der Waals surface area (Å²) in [6, 6.07) is 2.28. The second-order valence-electron chi connectivity index (χ2n) is 3.76. The molecule has 0 radical (unpaired) electrons. The van der Waals surface area contributed by atoms with Crippen LogP contribution in [0.1, 0.15) is 19.3 Å². The first-order chi connectivity index (χ1) is 5.16. The second-order valence-corrected chi connectivity index (χ2v) is 4.32. The van der Waals surface area contributed by atoms with E-state index >= 15 is 0 Å². The van der Waals surface area contributed by atoms with E-state index in [4.69, 9.17) is 5.26 Å². The minimum absolute atomic E-state index is 0.0702. The standard InChI is InChI=1S/C8H8BrNO/c9-1-6(11)8-2-7(3-8,4-8)5-10/h1-4H2. The fourth-order valence-electron chi connectivity index (χ4n) is 2.34. The molecule has 0 spiro atoms. The van der Waals surface area contributed by atoms with Crippen LogP contribution >= 0.6 is 15.9 Å². The van der Waals surface area contributed by atoms with Gasteiger partial charge in [-0.1, -0.05) is 15.9 Å². The van der Waals surface area contributed by atoms with Crippen LogP contribution in [-0.2, 0) is 4.79 Å². The Morgan fingerprint density at radius 2 is 2.09 bits per heavy atom. The third-order valence-electron chi connectivity index (χ3n) is 2.98. The van der Waals surface area contributed by atoms with Gasteiger partial charge in [0.2, 0.25) is 0 Å². The van der Waals surface area contributed by atoms with E-state index in [0.717, 1.165) is 19.3 Å². The molecule has 0 aromatic rings. The van der Waals surface area contributed by atoms with E-state index in [0.29, 0.717) is 5.33 Å². The largest absolute Gasteiger partial charge is 0.298 e. The molecule has 0 unspecified atom stereocenters. The molecule has 0 heterocycles. The normalized spacial score (nSPS) is 45.1. The highest BCUT2D eigenvalue weighted by atomic mass is 79.9. The number of hydrogen-bond donors (Lipinski definition) is 0. The number of nitriles is 1. The predicted molar refractivity (Wildman–Crippen MR) is 43.1 cm³/mol. The van der Waals surface area contributed by atoms with Crippen molar-refractivity contribution in [2.45, 2.75) is 19.3 Å². The molecule has 3 aliphatic rings. The molecule has 0 aliphatic heterocycles. The summed E-state index contributed by atoms with van der Waals surface area (Å²) in [6.45, 7) is 0. The van der Waals surface area contributed by atoms with Gasteiger partial charge in [0.05, 0.1) is 16.8 Å². The average molecular weight is 214 g/mol. The molecule has 3 aliphatic carbocycles. The number of carbonyl (C=O) groups excluding carboxylic acids is 1. The van der Waals surface area contributed by atoms with E-state index in [1.54, 1.807) is 0 Å². The zero-order chi connectivity index (χ0) is 8.11. The van der Waals surface area contributed by atoms with Crippen molar-refractivity contribution < 1.29 is 4.79 Å². The first-order valence-electron chi connectivity index (χ1n) is 3.67. The van der Waals surface area contributed by atoms with Gasteiger partial charge in [-0.25, -0.2) is 0 Å². The van der Waals surface area contributed by atoms with Gasteiger partial charge in [0, 0.05) is 5.41 Å². The van der Waals surface area contributed by atoms with Crippen molar-refractivity contribution in [3.05, 3.63) is 0 Å². The van der Waals surface area contributed by atoms with Crippen LogP contribution in [0.15, 0.2) is 0 Å². The molecular formula is C8H8BrNO. The Labute approximate surface area is 73.7 Å². The highest BCUT2D eigenvalue weighted by Gasteiger charge is 2.71. The lowest BCUT2D eigenvalue weighted by atomic mass is 9.35. The minimum Gasteiger partial charge on any atom is -0.298 e. The lowest BCUT2D eigenvalue weighted by Gasteiger charge is -2.65. The smallest absolute Gasteiger partial charge is 0.149 e. The molecule has 2 nitrogen and oxygen atoms in total. The minimum atomic E-state index is -0.0855. The van der Waals surface area contributed by atoms with Gasteiger partial charge in [0.1, 0.15) is 5.78 Å². The maximum absolute atomic E-state index is 11.3. The van der Waals surface area contributed by atoms with Crippen molar-refractivity contribution >= 4 is 21.7 Å². The van der Waals surface area contributed by atoms with Crippen molar-refractivity contribution in [1.29, 1.82) is 5.26 Å². The van der Waals surface area contributed by atoms with Crippen molar-refractivity contribution in [2.24, 2.45) is 10.8 Å². The molecule has 0 N–H and O–H groups in total. The van der Waals surface area contributed by atoms with Crippen LogP contribution in [0.2, 0.25) is 0 Å². The number of ketones is 1. The number of hydrogen-bond acceptors (Lipinski definition) is 2. The molecule has 0 aromatic carbocycles. The molecule has 3 heteroatoms. The Kier molecular flexibility index (Phi) is 1.24. The maximum Gasteiger partial charge on any atom is 0.149 e. The van der Waals surface area contributed by atoms with Crippen LogP contribution in [0, 0.1) is 22.2 Å². The number of Topliss-reactive ketones (excluding diaryl/α,β-unsaturated/α-hetero) is 1. The lowest BCUT2D eigenvalue weighted by Crippen LogP contribution is -2.64. The third-order valence-corrected chi connectivity index (χ3v) is 3.49. The lowest BCUT2D eigenvalue weighted by molar-refractivity contribution is -0.179. The molecule has 0 amide bonds. The molecule has 3 rings (SSSR count). The summed E-state index contributed by atoms with van der Waals surface area (Å²) >= 11 is 3.16. The third kappa shape index (κ3) is 0.686. The quantitative estimate of drug-likeness (QED) is 0.655. The molecule has 11 heavy (non-hydrogen) atoms. The summed E-state index contributed by atoms with van der Waals surface area (Å²) in [7, 11) is 0. The van der Waals surface area contributed by atoms with Gasteiger partial charge >= 0.3 is 0 Å². The summed E-state index contributed by atoms with van der Waals surface area (Å²) < 4.78 is 0. The van der Waals surface area contributed by atoms with E-state index in [2.05, 4.69) is 22.0 Å². The molecule has 3 fully saturated rings. The Morgan fingerprint density at radius 3 is 2.45 bits per heavy atom. The number of rotatable bonds is 2. The van der Waals surface area contributed by atoms with Gasteiger partial charge in [-0.15, -0.1) is 0 Å². The first-order valence-corrected chi connectivity index (χ1v) is 4.79. The molecule has 2 bridgehead atoms. The van der Waals surface area contributed by atoms with Crippen LogP contribution in [0.4, 0.5) is 0 Å². The van der Waals surface area contributed by atoms with Crippen molar-refractivity contribution in [3.8, 4) is 6.07 Å². The number of carbonyl (C=O) groups is 1. The van der Waals surface area contributed by atoms with E-state index < -0.39 is 0 Å². The summed E-state index contributed by atoms with van der Waals surface area (Å²) in [5, 5.41) is 9.13. The maximum atomic E-state index is 11.3. The Hall–Kier alpha value is -0.360. The number of halogens is 1. The summed E-state index contributed by atoms with van der Waals surface area (Å²) in [5.41, 5.74) is -0.156. The van der Waals surface area contributed by atoms with E-state index in [1.165, 1.54) is 0 Å². The zero-order valence-electron chi connectivity index (χ0n) is 6.06. The second kappa shape index (κ2) is 1.87.